The molecule has 1 aliphatic carbocycles. The average molecular weight is 365 g/mol. The minimum absolute atomic E-state index is 0.390. The first-order valence-corrected chi connectivity index (χ1v) is 11.8. The molecule has 1 saturated carbocycles. The zero-order valence-corrected chi connectivity index (χ0v) is 18.8. The molecule has 0 bridgehead atoms. The Hall–Kier alpha value is -0.330. The van der Waals surface area contributed by atoms with Crippen LogP contribution in [0.1, 0.15) is 137 Å². The van der Waals surface area contributed by atoms with Crippen LogP contribution >= 0.6 is 0 Å². The smallest absolute Gasteiger partial charge is 0.130 e. The molecule has 1 aliphatic rings. The Morgan fingerprint density at radius 1 is 0.846 bits per heavy atom. The van der Waals surface area contributed by atoms with Crippen molar-refractivity contribution in [3.8, 4) is 0 Å². The molecule has 0 radical (unpaired) electrons. The van der Waals surface area contributed by atoms with E-state index in [2.05, 4.69) is 27.7 Å². The molecule has 1 fully saturated rings. The summed E-state index contributed by atoms with van der Waals surface area (Å²) < 4.78 is 0. The fraction of sp³-hybridized carbons (Fsp3) is 0.960. The van der Waals surface area contributed by atoms with Crippen molar-refractivity contribution in [2.24, 2.45) is 16.7 Å². The molecular formula is C25H48O. The van der Waals surface area contributed by atoms with Gasteiger partial charge in [-0.3, -0.25) is 0 Å². The third-order valence-corrected chi connectivity index (χ3v) is 7.45. The van der Waals surface area contributed by atoms with Crippen molar-refractivity contribution in [3.63, 3.8) is 0 Å². The Kier molecular flexibility index (Phi) is 11.1. The number of ketones is 1. The van der Waals surface area contributed by atoms with E-state index in [0.717, 1.165) is 6.42 Å². The van der Waals surface area contributed by atoms with Crippen LogP contribution in [0, 0.1) is 16.7 Å². The first kappa shape index (κ1) is 23.7. The molecule has 0 heterocycles. The Morgan fingerprint density at radius 3 is 1.85 bits per heavy atom. The van der Waals surface area contributed by atoms with E-state index in [-0.39, 0.29) is 0 Å². The van der Waals surface area contributed by atoms with Crippen LogP contribution in [0.25, 0.3) is 0 Å². The molecule has 154 valence electrons. The molecule has 1 heteroatoms. The lowest BCUT2D eigenvalue weighted by Crippen LogP contribution is -2.32. The van der Waals surface area contributed by atoms with Crippen molar-refractivity contribution < 1.29 is 4.79 Å². The van der Waals surface area contributed by atoms with Crippen molar-refractivity contribution in [2.75, 3.05) is 0 Å². The van der Waals surface area contributed by atoms with Gasteiger partial charge < -0.3 is 4.79 Å². The largest absolute Gasteiger partial charge is 0.300 e. The van der Waals surface area contributed by atoms with Crippen LogP contribution in [-0.4, -0.2) is 5.78 Å². The number of Topliss-reactive ketones (excluding diaryl/α,β-unsaturated/α-hetero) is 1. The van der Waals surface area contributed by atoms with Crippen LogP contribution < -0.4 is 0 Å². The van der Waals surface area contributed by atoms with Crippen LogP contribution in [0.3, 0.4) is 0 Å². The maximum Gasteiger partial charge on any atom is 0.130 e. The molecule has 0 aromatic rings. The molecular weight excluding hydrogens is 316 g/mol. The van der Waals surface area contributed by atoms with Crippen LogP contribution in [0.2, 0.25) is 0 Å². The van der Waals surface area contributed by atoms with Crippen molar-refractivity contribution >= 4 is 5.78 Å². The topological polar surface area (TPSA) is 17.1 Å². The number of carbonyl (C=O) groups is 1. The highest BCUT2D eigenvalue weighted by molar-refractivity contribution is 5.75. The Labute approximate surface area is 165 Å². The molecule has 0 aliphatic heterocycles. The van der Waals surface area contributed by atoms with Crippen molar-refractivity contribution in [2.45, 2.75) is 137 Å². The Morgan fingerprint density at radius 2 is 1.38 bits per heavy atom. The van der Waals surface area contributed by atoms with Gasteiger partial charge in [0.25, 0.3) is 0 Å². The van der Waals surface area contributed by atoms with Gasteiger partial charge in [-0.2, -0.15) is 0 Å². The van der Waals surface area contributed by atoms with Crippen LogP contribution in [0.4, 0.5) is 0 Å². The van der Waals surface area contributed by atoms with Gasteiger partial charge in [0.2, 0.25) is 0 Å². The van der Waals surface area contributed by atoms with E-state index >= 15 is 0 Å². The Balaban J connectivity index is 2.23. The van der Waals surface area contributed by atoms with Crippen molar-refractivity contribution in [1.82, 2.24) is 0 Å². The van der Waals surface area contributed by atoms with E-state index in [9.17, 15) is 4.79 Å². The third-order valence-electron chi connectivity index (χ3n) is 7.45. The van der Waals surface area contributed by atoms with Gasteiger partial charge in [-0.05, 0) is 42.9 Å². The first-order chi connectivity index (χ1) is 12.3. The molecule has 0 saturated heterocycles. The van der Waals surface area contributed by atoms with Gasteiger partial charge in [-0.15, -0.1) is 0 Å². The summed E-state index contributed by atoms with van der Waals surface area (Å²) >= 11 is 0. The number of rotatable bonds is 15. The van der Waals surface area contributed by atoms with Gasteiger partial charge in [0.1, 0.15) is 5.78 Å². The highest BCUT2D eigenvalue weighted by Gasteiger charge is 2.45. The van der Waals surface area contributed by atoms with E-state index in [1.807, 2.05) is 0 Å². The summed E-state index contributed by atoms with van der Waals surface area (Å²) in [6.07, 6.45) is 21.4. The third kappa shape index (κ3) is 8.57. The fourth-order valence-corrected chi connectivity index (χ4v) is 5.18. The SMILES string of the molecule is CCCCCCCCCCCC[C@H](CC(C)=O)C[C@]1(C)CCCC1(C)C. The van der Waals surface area contributed by atoms with Gasteiger partial charge in [0.15, 0.2) is 0 Å². The maximum atomic E-state index is 11.8. The predicted molar refractivity (Wildman–Crippen MR) is 116 cm³/mol. The van der Waals surface area contributed by atoms with Crippen LogP contribution in [0.5, 0.6) is 0 Å². The summed E-state index contributed by atoms with van der Waals surface area (Å²) in [6, 6.07) is 0. The molecule has 1 nitrogen and oxygen atoms in total. The standard InChI is InChI=1S/C25H48O/c1-6-7-8-9-10-11-12-13-14-15-17-23(20-22(2)26)21-25(5)19-16-18-24(25,3)4/h23H,6-21H2,1-5H3/t23-,25+/m1/s1. The van der Waals surface area contributed by atoms with Gasteiger partial charge in [-0.1, -0.05) is 105 Å². The summed E-state index contributed by atoms with van der Waals surface area (Å²) in [5.41, 5.74) is 0.880. The molecule has 0 aromatic heterocycles. The van der Waals surface area contributed by atoms with E-state index in [1.54, 1.807) is 6.92 Å². The maximum absolute atomic E-state index is 11.8. The summed E-state index contributed by atoms with van der Waals surface area (Å²) in [6.45, 7) is 11.5. The van der Waals surface area contributed by atoms with E-state index in [1.165, 1.54) is 96.3 Å². The Bertz CT molecular complexity index is 384. The highest BCUT2D eigenvalue weighted by atomic mass is 16.1. The summed E-state index contributed by atoms with van der Waals surface area (Å²) in [7, 11) is 0. The second-order valence-corrected chi connectivity index (χ2v) is 10.2. The second-order valence-electron chi connectivity index (χ2n) is 10.2. The lowest BCUT2D eigenvalue weighted by molar-refractivity contribution is -0.118. The van der Waals surface area contributed by atoms with Gasteiger partial charge in [0, 0.05) is 6.42 Å². The van der Waals surface area contributed by atoms with Crippen molar-refractivity contribution in [1.29, 1.82) is 0 Å². The van der Waals surface area contributed by atoms with Gasteiger partial charge in [-0.25, -0.2) is 0 Å². The monoisotopic (exact) mass is 364 g/mol. The molecule has 0 unspecified atom stereocenters. The quantitative estimate of drug-likeness (QED) is 0.266. The lowest BCUT2D eigenvalue weighted by atomic mass is 9.64. The molecule has 0 aromatic carbocycles. The summed E-state index contributed by atoms with van der Waals surface area (Å²) in [5.74, 6) is 1.01. The van der Waals surface area contributed by atoms with Gasteiger partial charge in [0.05, 0.1) is 0 Å². The first-order valence-electron chi connectivity index (χ1n) is 11.8. The second kappa shape index (κ2) is 12.2. The molecule has 1 rings (SSSR count). The molecule has 0 spiro atoms. The molecule has 0 amide bonds. The number of hydrogen-bond acceptors (Lipinski definition) is 1. The molecule has 0 N–H and O–H groups in total. The highest BCUT2D eigenvalue weighted by Crippen LogP contribution is 2.56. The lowest BCUT2D eigenvalue weighted by Gasteiger charge is -2.41. The average Bonchev–Trinajstić information content (AvgIpc) is 2.81. The summed E-state index contributed by atoms with van der Waals surface area (Å²) in [4.78, 5) is 11.8. The number of unbranched alkanes of at least 4 members (excludes halogenated alkanes) is 9. The van der Waals surface area contributed by atoms with E-state index < -0.39 is 0 Å². The summed E-state index contributed by atoms with van der Waals surface area (Å²) in [5, 5.41) is 0. The molecule has 2 atom stereocenters. The zero-order chi connectivity index (χ0) is 19.5. The van der Waals surface area contributed by atoms with E-state index in [4.69, 9.17) is 0 Å². The minimum atomic E-state index is 0.390. The van der Waals surface area contributed by atoms with E-state index in [0.29, 0.717) is 22.5 Å². The zero-order valence-electron chi connectivity index (χ0n) is 18.8. The van der Waals surface area contributed by atoms with Crippen LogP contribution in [0.15, 0.2) is 0 Å². The van der Waals surface area contributed by atoms with Crippen LogP contribution in [-0.2, 0) is 4.79 Å². The van der Waals surface area contributed by atoms with Gasteiger partial charge >= 0.3 is 0 Å². The predicted octanol–water partition coefficient (Wildman–Crippen LogP) is 8.50. The normalized spacial score (nSPS) is 23.3. The van der Waals surface area contributed by atoms with Crippen molar-refractivity contribution in [3.05, 3.63) is 0 Å². The fourth-order valence-electron chi connectivity index (χ4n) is 5.18. The minimum Gasteiger partial charge on any atom is -0.300 e. The number of carbonyl (C=O) groups excluding carboxylic acids is 1. The molecule has 26 heavy (non-hydrogen) atoms. The number of hydrogen-bond donors (Lipinski definition) is 0.